The van der Waals surface area contributed by atoms with Gasteiger partial charge in [0.1, 0.15) is 15.0 Å². The van der Waals surface area contributed by atoms with E-state index in [-0.39, 0.29) is 6.10 Å². The highest BCUT2D eigenvalue weighted by molar-refractivity contribution is 14.2. The molecule has 23 heavy (non-hydrogen) atoms. The fourth-order valence-electron chi connectivity index (χ4n) is 2.49. The summed E-state index contributed by atoms with van der Waals surface area (Å²) in [7, 11) is 1.30. The van der Waals surface area contributed by atoms with Gasteiger partial charge in [0, 0.05) is 44.9 Å². The van der Waals surface area contributed by atoms with Gasteiger partial charge in [-0.05, 0) is 52.3 Å². The standard InChI is InChI=1S/C17H23IN2O2S/c1-11(2)20-13(5)16(17(19-20)22-23-18)10-14-6-8-15(9-7-14)21-12(3)4/h6-9,11-12H,10H2,1-5H3. The van der Waals surface area contributed by atoms with E-state index in [4.69, 9.17) is 8.92 Å². The van der Waals surface area contributed by atoms with Crippen LogP contribution in [0.2, 0.25) is 0 Å². The van der Waals surface area contributed by atoms with Crippen molar-refractivity contribution in [3.05, 3.63) is 41.1 Å². The Labute approximate surface area is 154 Å². The van der Waals surface area contributed by atoms with Crippen molar-refractivity contribution in [1.29, 1.82) is 0 Å². The highest BCUT2D eigenvalue weighted by Gasteiger charge is 2.18. The van der Waals surface area contributed by atoms with Crippen LogP contribution in [-0.2, 0) is 6.42 Å². The molecule has 0 saturated heterocycles. The highest BCUT2D eigenvalue weighted by atomic mass is 127. The van der Waals surface area contributed by atoms with Crippen LogP contribution >= 0.6 is 30.4 Å². The van der Waals surface area contributed by atoms with Crippen LogP contribution in [0.1, 0.15) is 50.6 Å². The van der Waals surface area contributed by atoms with Crippen LogP contribution in [0.5, 0.6) is 11.6 Å². The van der Waals surface area contributed by atoms with Crippen molar-refractivity contribution >= 4 is 30.4 Å². The Kier molecular flexibility index (Phi) is 6.64. The molecular formula is C17H23IN2O2S. The maximum atomic E-state index is 5.70. The molecule has 0 aliphatic carbocycles. The van der Waals surface area contributed by atoms with Crippen molar-refractivity contribution in [3.8, 4) is 11.6 Å². The molecule has 126 valence electrons. The monoisotopic (exact) mass is 446 g/mol. The lowest BCUT2D eigenvalue weighted by Gasteiger charge is -2.10. The van der Waals surface area contributed by atoms with Gasteiger partial charge in [-0.2, -0.15) is 0 Å². The molecular weight excluding hydrogens is 423 g/mol. The van der Waals surface area contributed by atoms with Crippen LogP contribution in [-0.4, -0.2) is 15.9 Å². The van der Waals surface area contributed by atoms with E-state index in [9.17, 15) is 0 Å². The fraction of sp³-hybridized carbons (Fsp3) is 0.471. The summed E-state index contributed by atoms with van der Waals surface area (Å²) in [6, 6.07) is 8.55. The Morgan fingerprint density at radius 2 is 1.83 bits per heavy atom. The maximum Gasteiger partial charge on any atom is 0.251 e. The lowest BCUT2D eigenvalue weighted by Crippen LogP contribution is -2.05. The molecule has 2 rings (SSSR count). The Hall–Kier alpha value is -0.890. The molecule has 1 aromatic heterocycles. The van der Waals surface area contributed by atoms with E-state index in [1.807, 2.05) is 30.7 Å². The van der Waals surface area contributed by atoms with E-state index in [1.165, 1.54) is 14.8 Å². The summed E-state index contributed by atoms with van der Waals surface area (Å²) >= 11 is 2.12. The molecule has 0 radical (unpaired) electrons. The van der Waals surface area contributed by atoms with Crippen LogP contribution in [0.25, 0.3) is 0 Å². The van der Waals surface area contributed by atoms with Crippen LogP contribution in [0.4, 0.5) is 0 Å². The van der Waals surface area contributed by atoms with Crippen molar-refractivity contribution in [2.24, 2.45) is 0 Å². The third kappa shape index (κ3) is 4.79. The van der Waals surface area contributed by atoms with Crippen LogP contribution < -0.4 is 8.92 Å². The van der Waals surface area contributed by atoms with Gasteiger partial charge in [0.05, 0.1) is 6.10 Å². The molecule has 0 amide bonds. The van der Waals surface area contributed by atoms with Crippen molar-refractivity contribution in [2.45, 2.75) is 53.2 Å². The minimum Gasteiger partial charge on any atom is -0.491 e. The molecule has 0 saturated carbocycles. The summed E-state index contributed by atoms with van der Waals surface area (Å²) in [5.41, 5.74) is 3.51. The van der Waals surface area contributed by atoms with Gasteiger partial charge in [-0.15, -0.1) is 5.10 Å². The molecule has 0 spiro atoms. The lowest BCUT2D eigenvalue weighted by atomic mass is 10.1. The predicted octanol–water partition coefficient (Wildman–Crippen LogP) is 5.53. The SMILES string of the molecule is Cc1c(Cc2ccc(OC(C)C)cc2)c(OSI)nn1C(C)C. The maximum absolute atomic E-state index is 5.70. The molecule has 0 atom stereocenters. The quantitative estimate of drug-likeness (QED) is 0.414. The molecule has 4 nitrogen and oxygen atoms in total. The molecule has 1 heterocycles. The van der Waals surface area contributed by atoms with Gasteiger partial charge in [0.2, 0.25) is 0 Å². The number of benzene rings is 1. The minimum atomic E-state index is 0.188. The van der Waals surface area contributed by atoms with Gasteiger partial charge >= 0.3 is 0 Å². The van der Waals surface area contributed by atoms with Gasteiger partial charge in [0.15, 0.2) is 0 Å². The van der Waals surface area contributed by atoms with Gasteiger partial charge in [0.25, 0.3) is 5.88 Å². The number of rotatable bonds is 7. The average Bonchev–Trinajstić information content (AvgIpc) is 2.78. The predicted molar refractivity (Wildman–Crippen MR) is 105 cm³/mol. The molecule has 0 unspecified atom stereocenters. The van der Waals surface area contributed by atoms with Gasteiger partial charge < -0.3 is 8.92 Å². The highest BCUT2D eigenvalue weighted by Crippen LogP contribution is 2.30. The van der Waals surface area contributed by atoms with Crippen LogP contribution in [0, 0.1) is 6.92 Å². The van der Waals surface area contributed by atoms with E-state index in [2.05, 4.69) is 59.2 Å². The van der Waals surface area contributed by atoms with Crippen molar-refractivity contribution < 1.29 is 8.92 Å². The molecule has 2 aromatic rings. The first-order valence-electron chi connectivity index (χ1n) is 7.71. The van der Waals surface area contributed by atoms with Crippen molar-refractivity contribution in [1.82, 2.24) is 9.78 Å². The van der Waals surface area contributed by atoms with Crippen LogP contribution in [0.15, 0.2) is 24.3 Å². The molecule has 0 aliphatic heterocycles. The zero-order valence-electron chi connectivity index (χ0n) is 14.2. The number of halogens is 1. The van der Waals surface area contributed by atoms with E-state index in [0.717, 1.165) is 23.4 Å². The summed E-state index contributed by atoms with van der Waals surface area (Å²) < 4.78 is 13.4. The molecule has 0 N–H and O–H groups in total. The second-order valence-corrected chi connectivity index (χ2v) is 7.41. The van der Waals surface area contributed by atoms with E-state index < -0.39 is 0 Å². The Morgan fingerprint density at radius 3 is 2.35 bits per heavy atom. The second kappa shape index (κ2) is 8.28. The first kappa shape index (κ1) is 18.4. The second-order valence-electron chi connectivity index (χ2n) is 6.04. The van der Waals surface area contributed by atoms with Crippen molar-refractivity contribution in [2.75, 3.05) is 0 Å². The topological polar surface area (TPSA) is 36.3 Å². The Bertz CT molecular complexity index is 639. The molecule has 0 bridgehead atoms. The first-order chi connectivity index (χ1) is 10.9. The zero-order valence-corrected chi connectivity index (χ0v) is 17.1. The lowest BCUT2D eigenvalue weighted by molar-refractivity contribution is 0.242. The zero-order chi connectivity index (χ0) is 17.0. The number of hydrogen-bond acceptors (Lipinski definition) is 4. The van der Waals surface area contributed by atoms with E-state index >= 15 is 0 Å². The van der Waals surface area contributed by atoms with Gasteiger partial charge in [-0.25, -0.2) is 0 Å². The smallest absolute Gasteiger partial charge is 0.251 e. The summed E-state index contributed by atoms with van der Waals surface area (Å²) in [6.07, 6.45) is 0.987. The molecule has 6 heteroatoms. The number of hydrogen-bond donors (Lipinski definition) is 0. The molecule has 0 fully saturated rings. The summed E-state index contributed by atoms with van der Waals surface area (Å²) in [5, 5.41) is 4.60. The summed E-state index contributed by atoms with van der Waals surface area (Å²) in [6.45, 7) is 10.4. The molecule has 1 aromatic carbocycles. The third-order valence-corrected chi connectivity index (χ3v) is 4.27. The minimum absolute atomic E-state index is 0.188. The normalized spacial score (nSPS) is 11.3. The Balaban J connectivity index is 2.24. The molecule has 0 aliphatic rings. The summed E-state index contributed by atoms with van der Waals surface area (Å²) in [4.78, 5) is 0. The third-order valence-electron chi connectivity index (χ3n) is 3.51. The first-order valence-corrected chi connectivity index (χ1v) is 11.0. The Morgan fingerprint density at radius 1 is 1.17 bits per heavy atom. The fourth-order valence-corrected chi connectivity index (χ4v) is 3.20. The van der Waals surface area contributed by atoms with E-state index in [1.54, 1.807) is 0 Å². The largest absolute Gasteiger partial charge is 0.491 e. The summed E-state index contributed by atoms with van der Waals surface area (Å²) in [5.74, 6) is 1.61. The van der Waals surface area contributed by atoms with Gasteiger partial charge in [-0.1, -0.05) is 12.1 Å². The van der Waals surface area contributed by atoms with Crippen molar-refractivity contribution in [3.63, 3.8) is 0 Å². The van der Waals surface area contributed by atoms with Gasteiger partial charge in [-0.3, -0.25) is 4.68 Å². The van der Waals surface area contributed by atoms with Crippen LogP contribution in [0.3, 0.4) is 0 Å². The average molecular weight is 446 g/mol. The number of aromatic nitrogens is 2. The number of nitrogens with zero attached hydrogens (tertiary/aromatic N) is 2. The van der Waals surface area contributed by atoms with E-state index in [0.29, 0.717) is 11.9 Å². The number of ether oxygens (including phenoxy) is 1.